The van der Waals surface area contributed by atoms with E-state index in [0.29, 0.717) is 5.75 Å². The van der Waals surface area contributed by atoms with Gasteiger partial charge < -0.3 is 9.84 Å². The molecule has 0 spiro atoms. The highest BCUT2D eigenvalue weighted by molar-refractivity contribution is 5.73. The fraction of sp³-hybridized carbons (Fsp3) is 0.0769. The fourth-order valence-corrected chi connectivity index (χ4v) is 1.42. The second-order valence-electron chi connectivity index (χ2n) is 3.39. The van der Waals surface area contributed by atoms with E-state index in [2.05, 4.69) is 4.98 Å². The van der Waals surface area contributed by atoms with Crippen molar-refractivity contribution in [3.05, 3.63) is 48.8 Å². The Kier molecular flexibility index (Phi) is 3.47. The molecule has 4 nitrogen and oxygen atoms in total. The Labute approximate surface area is 98.5 Å². The summed E-state index contributed by atoms with van der Waals surface area (Å²) in [5.74, 6) is -0.247. The topological polar surface area (TPSA) is 59.4 Å². The van der Waals surface area contributed by atoms with Gasteiger partial charge in [-0.3, -0.25) is 4.98 Å². The van der Waals surface area contributed by atoms with Gasteiger partial charge in [-0.05, 0) is 35.4 Å². The molecule has 0 amide bonds. The van der Waals surface area contributed by atoms with Crippen LogP contribution in [-0.2, 0) is 4.79 Å². The minimum Gasteiger partial charge on any atom is -0.425 e. The first kappa shape index (κ1) is 11.3. The first-order valence-electron chi connectivity index (χ1n) is 5.11. The summed E-state index contributed by atoms with van der Waals surface area (Å²) in [5, 5.41) is 8.55. The van der Waals surface area contributed by atoms with Crippen molar-refractivity contribution in [2.45, 2.75) is 0 Å². The van der Waals surface area contributed by atoms with E-state index in [1.54, 1.807) is 24.5 Å². The minimum atomic E-state index is -0.665. The zero-order valence-electron chi connectivity index (χ0n) is 9.04. The lowest BCUT2D eigenvalue weighted by molar-refractivity contribution is -0.137. The van der Waals surface area contributed by atoms with Gasteiger partial charge in [-0.2, -0.15) is 0 Å². The lowest BCUT2D eigenvalue weighted by Gasteiger charge is -2.04. The zero-order chi connectivity index (χ0) is 12.1. The Morgan fingerprint density at radius 3 is 2.24 bits per heavy atom. The highest BCUT2D eigenvalue weighted by Crippen LogP contribution is 2.21. The van der Waals surface area contributed by atoms with Crippen LogP contribution in [0.1, 0.15) is 0 Å². The van der Waals surface area contributed by atoms with Crippen LogP contribution in [0, 0.1) is 0 Å². The summed E-state index contributed by atoms with van der Waals surface area (Å²) in [6.07, 6.45) is 3.43. The molecule has 0 saturated heterocycles. The van der Waals surface area contributed by atoms with Gasteiger partial charge in [0, 0.05) is 12.4 Å². The van der Waals surface area contributed by atoms with Crippen molar-refractivity contribution >= 4 is 5.97 Å². The van der Waals surface area contributed by atoms with E-state index in [4.69, 9.17) is 9.84 Å². The van der Waals surface area contributed by atoms with Crippen molar-refractivity contribution in [3.63, 3.8) is 0 Å². The average molecular weight is 229 g/mol. The van der Waals surface area contributed by atoms with E-state index in [1.807, 2.05) is 24.3 Å². The average Bonchev–Trinajstić information content (AvgIpc) is 2.40. The van der Waals surface area contributed by atoms with E-state index < -0.39 is 12.6 Å². The number of ether oxygens (including phenoxy) is 1. The van der Waals surface area contributed by atoms with Crippen molar-refractivity contribution in [1.29, 1.82) is 0 Å². The smallest absolute Gasteiger partial charge is 0.337 e. The van der Waals surface area contributed by atoms with Gasteiger partial charge in [-0.1, -0.05) is 12.1 Å². The largest absolute Gasteiger partial charge is 0.425 e. The maximum absolute atomic E-state index is 10.9. The van der Waals surface area contributed by atoms with Gasteiger partial charge in [0.05, 0.1) is 0 Å². The number of hydrogen-bond donors (Lipinski definition) is 1. The number of aromatic nitrogens is 1. The predicted octanol–water partition coefficient (Wildman–Crippen LogP) is 1.65. The molecular weight excluding hydrogens is 218 g/mol. The number of pyridine rings is 1. The zero-order valence-corrected chi connectivity index (χ0v) is 9.04. The quantitative estimate of drug-likeness (QED) is 0.642. The molecule has 0 saturated carbocycles. The summed E-state index contributed by atoms with van der Waals surface area (Å²) in [5.41, 5.74) is 2.05. The van der Waals surface area contributed by atoms with Crippen LogP contribution in [0.15, 0.2) is 48.8 Å². The summed E-state index contributed by atoms with van der Waals surface area (Å²) in [7, 11) is 0. The molecule has 0 unspecified atom stereocenters. The summed E-state index contributed by atoms with van der Waals surface area (Å²) >= 11 is 0. The third kappa shape index (κ3) is 2.89. The summed E-state index contributed by atoms with van der Waals surface area (Å²) in [4.78, 5) is 14.8. The molecule has 0 atom stereocenters. The van der Waals surface area contributed by atoms with Crippen LogP contribution in [-0.4, -0.2) is 22.7 Å². The molecule has 1 aromatic carbocycles. The predicted molar refractivity (Wildman–Crippen MR) is 62.4 cm³/mol. The number of esters is 1. The Morgan fingerprint density at radius 2 is 1.65 bits per heavy atom. The summed E-state index contributed by atoms with van der Waals surface area (Å²) in [6.45, 7) is -0.619. The molecule has 17 heavy (non-hydrogen) atoms. The Balaban J connectivity index is 2.16. The Morgan fingerprint density at radius 1 is 1.06 bits per heavy atom. The van der Waals surface area contributed by atoms with Crippen molar-refractivity contribution in [2.75, 3.05) is 6.61 Å². The maximum atomic E-state index is 10.9. The fourth-order valence-electron chi connectivity index (χ4n) is 1.42. The summed E-state index contributed by atoms with van der Waals surface area (Å²) in [6, 6.07) is 10.8. The molecule has 4 heteroatoms. The van der Waals surface area contributed by atoms with E-state index in [1.165, 1.54) is 0 Å². The van der Waals surface area contributed by atoms with Crippen molar-refractivity contribution < 1.29 is 14.6 Å². The van der Waals surface area contributed by atoms with Crippen molar-refractivity contribution in [1.82, 2.24) is 4.98 Å². The molecule has 0 aliphatic carbocycles. The molecule has 0 fully saturated rings. The molecular formula is C13H11NO3. The van der Waals surface area contributed by atoms with E-state index in [9.17, 15) is 4.79 Å². The minimum absolute atomic E-state index is 0.418. The third-order valence-electron chi connectivity index (χ3n) is 2.23. The van der Waals surface area contributed by atoms with Gasteiger partial charge >= 0.3 is 5.97 Å². The number of aliphatic hydroxyl groups is 1. The second kappa shape index (κ2) is 5.23. The number of rotatable bonds is 3. The van der Waals surface area contributed by atoms with Crippen LogP contribution in [0.5, 0.6) is 5.75 Å². The molecule has 0 aliphatic heterocycles. The highest BCUT2D eigenvalue weighted by atomic mass is 16.5. The number of hydrogen-bond acceptors (Lipinski definition) is 4. The molecule has 0 aliphatic rings. The van der Waals surface area contributed by atoms with Gasteiger partial charge in [-0.25, -0.2) is 4.79 Å². The number of nitrogens with zero attached hydrogens (tertiary/aromatic N) is 1. The van der Waals surface area contributed by atoms with Gasteiger partial charge in [0.1, 0.15) is 12.4 Å². The number of benzene rings is 1. The van der Waals surface area contributed by atoms with Crippen LogP contribution in [0.25, 0.3) is 11.1 Å². The molecule has 2 aromatic rings. The van der Waals surface area contributed by atoms with Gasteiger partial charge in [0.15, 0.2) is 0 Å². The monoisotopic (exact) mass is 229 g/mol. The lowest BCUT2D eigenvalue weighted by atomic mass is 10.1. The van der Waals surface area contributed by atoms with Crippen molar-refractivity contribution in [3.8, 4) is 16.9 Å². The number of carbonyl (C=O) groups is 1. The molecule has 0 radical (unpaired) electrons. The first-order valence-corrected chi connectivity index (χ1v) is 5.11. The number of aliphatic hydroxyl groups excluding tert-OH is 1. The van der Waals surface area contributed by atoms with E-state index in [0.717, 1.165) is 11.1 Å². The molecule has 1 N–H and O–H groups in total. The van der Waals surface area contributed by atoms with Crippen LogP contribution in [0.2, 0.25) is 0 Å². The molecule has 0 bridgehead atoms. The highest BCUT2D eigenvalue weighted by Gasteiger charge is 2.02. The van der Waals surface area contributed by atoms with Crippen molar-refractivity contribution in [2.24, 2.45) is 0 Å². The first-order chi connectivity index (χ1) is 8.29. The van der Waals surface area contributed by atoms with Gasteiger partial charge in [0.25, 0.3) is 0 Å². The maximum Gasteiger partial charge on any atom is 0.337 e. The second-order valence-corrected chi connectivity index (χ2v) is 3.39. The Bertz CT molecular complexity index is 494. The van der Waals surface area contributed by atoms with Crippen LogP contribution >= 0.6 is 0 Å². The molecule has 1 aromatic heterocycles. The van der Waals surface area contributed by atoms with E-state index >= 15 is 0 Å². The van der Waals surface area contributed by atoms with E-state index in [-0.39, 0.29) is 0 Å². The van der Waals surface area contributed by atoms with Crippen LogP contribution < -0.4 is 4.74 Å². The van der Waals surface area contributed by atoms with Crippen LogP contribution in [0.4, 0.5) is 0 Å². The lowest BCUT2D eigenvalue weighted by Crippen LogP contribution is -2.11. The van der Waals surface area contributed by atoms with Gasteiger partial charge in [0.2, 0.25) is 0 Å². The molecule has 2 rings (SSSR count). The Hall–Kier alpha value is -2.20. The standard InChI is InChI=1S/C13H11NO3/c15-9-13(16)17-12-3-1-10(2-4-12)11-5-7-14-8-6-11/h1-8,15H,9H2. The SMILES string of the molecule is O=C(CO)Oc1ccc(-c2ccncc2)cc1. The molecule has 86 valence electrons. The third-order valence-corrected chi connectivity index (χ3v) is 2.23. The molecule has 1 heterocycles. The number of carbonyl (C=O) groups excluding carboxylic acids is 1. The van der Waals surface area contributed by atoms with Gasteiger partial charge in [-0.15, -0.1) is 0 Å². The summed E-state index contributed by atoms with van der Waals surface area (Å²) < 4.78 is 4.85. The van der Waals surface area contributed by atoms with Crippen LogP contribution in [0.3, 0.4) is 0 Å². The normalized spacial score (nSPS) is 9.94.